The quantitative estimate of drug-likeness (QED) is 0.767. The molecule has 2 aromatic rings. The number of likely N-dealkylation sites (tertiary alicyclic amines) is 1. The molecule has 1 aromatic heterocycles. The van der Waals surface area contributed by atoms with Crippen molar-refractivity contribution in [3.63, 3.8) is 0 Å². The Bertz CT molecular complexity index is 1020. The summed E-state index contributed by atoms with van der Waals surface area (Å²) in [6.45, 7) is 1.71. The molecule has 1 saturated heterocycles. The third kappa shape index (κ3) is 3.94. The van der Waals surface area contributed by atoms with Gasteiger partial charge in [0.2, 0.25) is 5.91 Å². The van der Waals surface area contributed by atoms with E-state index in [1.807, 2.05) is 0 Å². The molecule has 29 heavy (non-hydrogen) atoms. The normalized spacial score (nSPS) is 17.8. The van der Waals surface area contributed by atoms with Crippen LogP contribution in [0, 0.1) is 5.92 Å². The molecule has 2 aliphatic rings. The molecular formula is C21H24N2O5S. The number of hydrogen-bond acceptors (Lipinski definition) is 5. The lowest BCUT2D eigenvalue weighted by atomic mass is 9.93. The van der Waals surface area contributed by atoms with Crippen molar-refractivity contribution in [1.82, 2.24) is 4.90 Å². The highest BCUT2D eigenvalue weighted by molar-refractivity contribution is 7.90. The van der Waals surface area contributed by atoms with Gasteiger partial charge in [0.05, 0.1) is 16.7 Å². The minimum atomic E-state index is -3.28. The average molecular weight is 416 g/mol. The molecule has 0 saturated carbocycles. The average Bonchev–Trinajstić information content (AvgIpc) is 3.26. The lowest BCUT2D eigenvalue weighted by molar-refractivity contribution is -0.123. The van der Waals surface area contributed by atoms with Crippen LogP contribution >= 0.6 is 0 Å². The molecule has 2 aliphatic heterocycles. The number of sulfone groups is 1. The Morgan fingerprint density at radius 1 is 1.10 bits per heavy atom. The summed E-state index contributed by atoms with van der Waals surface area (Å²) in [7, 11) is -3.28. The van der Waals surface area contributed by atoms with E-state index in [0.29, 0.717) is 38.0 Å². The van der Waals surface area contributed by atoms with Crippen molar-refractivity contribution in [3.05, 3.63) is 47.9 Å². The summed E-state index contributed by atoms with van der Waals surface area (Å²) in [6, 6.07) is 6.66. The first-order valence-corrected chi connectivity index (χ1v) is 11.7. The number of rotatable bonds is 3. The molecule has 0 atom stereocenters. The summed E-state index contributed by atoms with van der Waals surface area (Å²) in [5.74, 6) is -0.140. The molecule has 0 spiro atoms. The van der Waals surface area contributed by atoms with Gasteiger partial charge in [-0.2, -0.15) is 0 Å². The highest BCUT2D eigenvalue weighted by Crippen LogP contribution is 2.32. The van der Waals surface area contributed by atoms with Crippen molar-refractivity contribution in [2.75, 3.05) is 30.8 Å². The molecule has 0 aliphatic carbocycles. The highest BCUT2D eigenvalue weighted by atomic mass is 32.2. The summed E-state index contributed by atoms with van der Waals surface area (Å²) < 4.78 is 28.6. The zero-order chi connectivity index (χ0) is 20.6. The Labute approximate surface area is 170 Å². The second-order valence-electron chi connectivity index (χ2n) is 7.73. The van der Waals surface area contributed by atoms with E-state index in [2.05, 4.69) is 0 Å². The Kier molecular flexibility index (Phi) is 5.21. The number of benzene rings is 1. The van der Waals surface area contributed by atoms with Crippen molar-refractivity contribution in [2.45, 2.75) is 30.6 Å². The number of piperidine rings is 1. The van der Waals surface area contributed by atoms with E-state index in [-0.39, 0.29) is 22.6 Å². The van der Waals surface area contributed by atoms with Gasteiger partial charge in [-0.1, -0.05) is 0 Å². The van der Waals surface area contributed by atoms with E-state index >= 15 is 0 Å². The summed E-state index contributed by atoms with van der Waals surface area (Å²) in [5.41, 5.74) is 2.24. The molecule has 1 aromatic carbocycles. The van der Waals surface area contributed by atoms with E-state index < -0.39 is 9.84 Å². The van der Waals surface area contributed by atoms with Crippen molar-refractivity contribution in [2.24, 2.45) is 5.92 Å². The first kappa shape index (κ1) is 19.7. The Balaban J connectivity index is 1.46. The molecule has 0 bridgehead atoms. The van der Waals surface area contributed by atoms with Gasteiger partial charge in [0.1, 0.15) is 6.26 Å². The number of carbonyl (C=O) groups is 2. The first-order chi connectivity index (χ1) is 13.8. The maximum Gasteiger partial charge on any atom is 0.257 e. The van der Waals surface area contributed by atoms with E-state index in [0.717, 1.165) is 24.1 Å². The maximum atomic E-state index is 13.2. The van der Waals surface area contributed by atoms with Gasteiger partial charge in [0.25, 0.3) is 5.91 Å². The first-order valence-electron chi connectivity index (χ1n) is 9.80. The van der Waals surface area contributed by atoms with Crippen LogP contribution in [0.5, 0.6) is 0 Å². The minimum absolute atomic E-state index is 0.0634. The number of amides is 2. The molecule has 8 heteroatoms. The zero-order valence-corrected chi connectivity index (χ0v) is 17.2. The van der Waals surface area contributed by atoms with Gasteiger partial charge in [0.15, 0.2) is 9.84 Å². The second kappa shape index (κ2) is 7.67. The standard InChI is InChI=1S/C21H24N2O5S/c1-29(26,27)18-4-5-19-16(13-18)3-2-9-23(19)21(25)15-6-10-22(11-7-15)20(24)17-8-12-28-14-17/h4-5,8,12-15H,2-3,6-7,9-11H2,1H3. The molecular weight excluding hydrogens is 392 g/mol. The van der Waals surface area contributed by atoms with Crippen LogP contribution in [0.4, 0.5) is 5.69 Å². The zero-order valence-electron chi connectivity index (χ0n) is 16.3. The molecule has 1 fully saturated rings. The van der Waals surface area contributed by atoms with Gasteiger partial charge in [-0.15, -0.1) is 0 Å². The molecule has 154 valence electrons. The number of anilines is 1. The lowest BCUT2D eigenvalue weighted by Crippen LogP contribution is -2.45. The number of fused-ring (bicyclic) bond motifs is 1. The molecule has 4 rings (SSSR count). The molecule has 7 nitrogen and oxygen atoms in total. The van der Waals surface area contributed by atoms with Crippen LogP contribution in [0.15, 0.2) is 46.1 Å². The van der Waals surface area contributed by atoms with Crippen molar-refractivity contribution < 1.29 is 22.4 Å². The van der Waals surface area contributed by atoms with Crippen molar-refractivity contribution in [1.29, 1.82) is 0 Å². The van der Waals surface area contributed by atoms with E-state index in [9.17, 15) is 18.0 Å². The molecule has 0 unspecified atom stereocenters. The highest BCUT2D eigenvalue weighted by Gasteiger charge is 2.33. The monoisotopic (exact) mass is 416 g/mol. The summed E-state index contributed by atoms with van der Waals surface area (Å²) >= 11 is 0. The van der Waals surface area contributed by atoms with Gasteiger partial charge in [0, 0.05) is 37.5 Å². The van der Waals surface area contributed by atoms with Crippen LogP contribution in [0.1, 0.15) is 35.2 Å². The fourth-order valence-corrected chi connectivity index (χ4v) is 4.82. The third-order valence-corrected chi connectivity index (χ3v) is 6.87. The molecule has 3 heterocycles. The van der Waals surface area contributed by atoms with E-state index in [1.54, 1.807) is 34.1 Å². The topological polar surface area (TPSA) is 87.9 Å². The number of furan rings is 1. The van der Waals surface area contributed by atoms with Gasteiger partial charge < -0.3 is 14.2 Å². The number of hydrogen-bond donors (Lipinski definition) is 0. The van der Waals surface area contributed by atoms with Crippen LogP contribution < -0.4 is 4.90 Å². The summed E-state index contributed by atoms with van der Waals surface area (Å²) in [6.07, 6.45) is 6.93. The van der Waals surface area contributed by atoms with Crippen LogP contribution in [0.2, 0.25) is 0 Å². The Morgan fingerprint density at radius 3 is 2.52 bits per heavy atom. The van der Waals surface area contributed by atoms with Gasteiger partial charge in [-0.25, -0.2) is 8.42 Å². The Hall–Kier alpha value is -2.61. The van der Waals surface area contributed by atoms with Gasteiger partial charge >= 0.3 is 0 Å². The van der Waals surface area contributed by atoms with Crippen molar-refractivity contribution >= 4 is 27.3 Å². The lowest BCUT2D eigenvalue weighted by Gasteiger charge is -2.36. The van der Waals surface area contributed by atoms with Crippen LogP contribution in [-0.2, 0) is 21.1 Å². The summed E-state index contributed by atoms with van der Waals surface area (Å²) in [5, 5.41) is 0. The predicted molar refractivity (Wildman–Crippen MR) is 108 cm³/mol. The second-order valence-corrected chi connectivity index (χ2v) is 9.75. The summed E-state index contributed by atoms with van der Waals surface area (Å²) in [4.78, 5) is 29.5. The van der Waals surface area contributed by atoms with Crippen LogP contribution in [0.25, 0.3) is 0 Å². The molecule has 0 radical (unpaired) electrons. The Morgan fingerprint density at radius 2 is 1.86 bits per heavy atom. The number of carbonyl (C=O) groups excluding carboxylic acids is 2. The third-order valence-electron chi connectivity index (χ3n) is 5.76. The predicted octanol–water partition coefficient (Wildman–Crippen LogP) is 2.51. The molecule has 0 N–H and O–H groups in total. The van der Waals surface area contributed by atoms with E-state index in [1.165, 1.54) is 18.8 Å². The van der Waals surface area contributed by atoms with Crippen LogP contribution in [0.3, 0.4) is 0 Å². The fourth-order valence-electron chi connectivity index (χ4n) is 4.15. The van der Waals surface area contributed by atoms with Crippen LogP contribution in [-0.4, -0.2) is 51.0 Å². The fraction of sp³-hybridized carbons (Fsp3) is 0.429. The number of nitrogens with zero attached hydrogens (tertiary/aromatic N) is 2. The smallest absolute Gasteiger partial charge is 0.257 e. The molecule has 2 amide bonds. The largest absolute Gasteiger partial charge is 0.472 e. The maximum absolute atomic E-state index is 13.2. The SMILES string of the molecule is CS(=O)(=O)c1ccc2c(c1)CCCN2C(=O)C1CCN(C(=O)c2ccoc2)CC1. The van der Waals surface area contributed by atoms with Crippen molar-refractivity contribution in [3.8, 4) is 0 Å². The number of aryl methyl sites for hydroxylation is 1. The van der Waals surface area contributed by atoms with Gasteiger partial charge in [-0.3, -0.25) is 9.59 Å². The van der Waals surface area contributed by atoms with Gasteiger partial charge in [-0.05, 0) is 55.5 Å². The van der Waals surface area contributed by atoms with E-state index in [4.69, 9.17) is 4.42 Å². The minimum Gasteiger partial charge on any atom is -0.472 e.